The van der Waals surface area contributed by atoms with Crippen LogP contribution in [-0.2, 0) is 5.41 Å². The van der Waals surface area contributed by atoms with E-state index in [2.05, 4.69) is 117 Å². The SMILES string of the molecule is C=C(N/C=C\C=C/CC)/C1=C/c2oc3ccccc3c2C(=C)c2cc(-c3ccc4c(c3)-c3ccccc3C4(C)C)ccc2N1. The zero-order valence-electron chi connectivity index (χ0n) is 25.5. The quantitative estimate of drug-likeness (QED) is 0.199. The van der Waals surface area contributed by atoms with Gasteiger partial charge in [-0.05, 0) is 75.7 Å². The standard InChI is InChI=1S/C41H36N2O/c1-6-7-8-13-22-42-27(3)37-25-39-40(31-15-10-12-17-38(31)44-39)26(2)32-23-29(19-21-36(32)43-37)28-18-20-35-33(24-28)30-14-9-11-16-34(30)41(35,4)5/h7-25,42-43H,2-3,6H2,1,4-5H3/b8-7-,22-13-,37-25-. The fraction of sp³-hybridized carbons (Fsp3) is 0.122. The second-order valence-corrected chi connectivity index (χ2v) is 12.0. The van der Waals surface area contributed by atoms with Gasteiger partial charge < -0.3 is 15.1 Å². The molecule has 1 aliphatic carbocycles. The lowest BCUT2D eigenvalue weighted by atomic mass is 9.82. The fourth-order valence-electron chi connectivity index (χ4n) is 6.57. The number of hydrogen-bond donors (Lipinski definition) is 2. The van der Waals surface area contributed by atoms with Crippen LogP contribution in [0.4, 0.5) is 5.69 Å². The molecule has 3 heteroatoms. The van der Waals surface area contributed by atoms with Gasteiger partial charge in [-0.1, -0.05) is 107 Å². The molecule has 216 valence electrons. The van der Waals surface area contributed by atoms with Crippen LogP contribution in [0.2, 0.25) is 0 Å². The van der Waals surface area contributed by atoms with Crippen molar-refractivity contribution in [3.8, 4) is 22.3 Å². The van der Waals surface area contributed by atoms with Crippen LogP contribution >= 0.6 is 0 Å². The maximum absolute atomic E-state index is 6.39. The largest absolute Gasteiger partial charge is 0.456 e. The summed E-state index contributed by atoms with van der Waals surface area (Å²) in [6.07, 6.45) is 11.0. The van der Waals surface area contributed by atoms with Crippen LogP contribution in [0.3, 0.4) is 0 Å². The fourth-order valence-corrected chi connectivity index (χ4v) is 6.57. The van der Waals surface area contributed by atoms with Crippen molar-refractivity contribution in [3.05, 3.63) is 162 Å². The minimum Gasteiger partial charge on any atom is -0.456 e. The molecule has 0 saturated heterocycles. The van der Waals surface area contributed by atoms with Crippen LogP contribution in [0, 0.1) is 0 Å². The number of para-hydroxylation sites is 1. The molecular weight excluding hydrogens is 536 g/mol. The van der Waals surface area contributed by atoms with E-state index in [4.69, 9.17) is 4.42 Å². The highest BCUT2D eigenvalue weighted by Crippen LogP contribution is 2.50. The van der Waals surface area contributed by atoms with E-state index in [0.29, 0.717) is 0 Å². The molecule has 2 N–H and O–H groups in total. The van der Waals surface area contributed by atoms with E-state index in [1.165, 1.54) is 27.8 Å². The molecule has 1 aliphatic heterocycles. The van der Waals surface area contributed by atoms with Crippen molar-refractivity contribution in [1.82, 2.24) is 5.32 Å². The Kier molecular flexibility index (Phi) is 6.74. The van der Waals surface area contributed by atoms with Gasteiger partial charge in [-0.3, -0.25) is 0 Å². The van der Waals surface area contributed by atoms with Gasteiger partial charge in [0, 0.05) is 39.9 Å². The summed E-state index contributed by atoms with van der Waals surface area (Å²) >= 11 is 0. The van der Waals surface area contributed by atoms with Gasteiger partial charge in [0.15, 0.2) is 0 Å². The Hall–Kier alpha value is -5.28. The number of allylic oxidation sites excluding steroid dienone is 3. The minimum atomic E-state index is -0.0198. The summed E-state index contributed by atoms with van der Waals surface area (Å²) in [6, 6.07) is 30.4. The summed E-state index contributed by atoms with van der Waals surface area (Å²) in [7, 11) is 0. The molecule has 0 radical (unpaired) electrons. The monoisotopic (exact) mass is 572 g/mol. The van der Waals surface area contributed by atoms with Gasteiger partial charge in [-0.15, -0.1) is 0 Å². The number of benzene rings is 4. The highest BCUT2D eigenvalue weighted by Gasteiger charge is 2.35. The Balaban J connectivity index is 1.34. The van der Waals surface area contributed by atoms with Crippen molar-refractivity contribution >= 4 is 28.3 Å². The highest BCUT2D eigenvalue weighted by atomic mass is 16.3. The molecule has 44 heavy (non-hydrogen) atoms. The van der Waals surface area contributed by atoms with Crippen LogP contribution in [-0.4, -0.2) is 0 Å². The first-order chi connectivity index (χ1) is 21.4. The van der Waals surface area contributed by atoms with E-state index in [-0.39, 0.29) is 5.41 Å². The molecule has 0 bridgehead atoms. The Labute approximate surface area is 259 Å². The first-order valence-electron chi connectivity index (χ1n) is 15.2. The molecule has 7 rings (SSSR count). The zero-order valence-corrected chi connectivity index (χ0v) is 25.5. The third-order valence-corrected chi connectivity index (χ3v) is 8.89. The summed E-state index contributed by atoms with van der Waals surface area (Å²) in [6.45, 7) is 15.7. The molecule has 2 aliphatic rings. The second-order valence-electron chi connectivity index (χ2n) is 12.0. The van der Waals surface area contributed by atoms with E-state index in [1.807, 2.05) is 42.6 Å². The lowest BCUT2D eigenvalue weighted by Gasteiger charge is -2.22. The van der Waals surface area contributed by atoms with Gasteiger partial charge in [0.05, 0.1) is 11.4 Å². The zero-order chi connectivity index (χ0) is 30.4. The van der Waals surface area contributed by atoms with Crippen molar-refractivity contribution in [3.63, 3.8) is 0 Å². The Morgan fingerprint density at radius 1 is 0.864 bits per heavy atom. The van der Waals surface area contributed by atoms with Crippen molar-refractivity contribution in [2.45, 2.75) is 32.6 Å². The smallest absolute Gasteiger partial charge is 0.138 e. The number of anilines is 1. The van der Waals surface area contributed by atoms with E-state index in [9.17, 15) is 0 Å². The Bertz CT molecular complexity index is 2060. The van der Waals surface area contributed by atoms with E-state index < -0.39 is 0 Å². The van der Waals surface area contributed by atoms with Gasteiger partial charge in [0.2, 0.25) is 0 Å². The average molecular weight is 573 g/mol. The number of furan rings is 1. The number of fused-ring (bicyclic) bond motifs is 7. The minimum absolute atomic E-state index is 0.0198. The maximum Gasteiger partial charge on any atom is 0.138 e. The molecule has 0 atom stereocenters. The molecule has 0 saturated carbocycles. The van der Waals surface area contributed by atoms with Gasteiger partial charge in [0.25, 0.3) is 0 Å². The van der Waals surface area contributed by atoms with E-state index >= 15 is 0 Å². The summed E-state index contributed by atoms with van der Waals surface area (Å²) in [5.41, 5.74) is 14.0. The Morgan fingerprint density at radius 3 is 2.43 bits per heavy atom. The van der Waals surface area contributed by atoms with Crippen molar-refractivity contribution in [2.75, 3.05) is 5.32 Å². The molecular formula is C41H36N2O. The molecule has 3 nitrogen and oxygen atoms in total. The summed E-state index contributed by atoms with van der Waals surface area (Å²) in [4.78, 5) is 0. The van der Waals surface area contributed by atoms with Gasteiger partial charge in [0.1, 0.15) is 11.3 Å². The molecule has 0 unspecified atom stereocenters. The normalized spacial score (nSPS) is 16.0. The third-order valence-electron chi connectivity index (χ3n) is 8.89. The lowest BCUT2D eigenvalue weighted by Crippen LogP contribution is -2.14. The van der Waals surface area contributed by atoms with Crippen molar-refractivity contribution in [2.24, 2.45) is 0 Å². The first kappa shape index (κ1) is 27.5. The van der Waals surface area contributed by atoms with Crippen molar-refractivity contribution < 1.29 is 4.42 Å². The highest BCUT2D eigenvalue weighted by molar-refractivity contribution is 6.02. The van der Waals surface area contributed by atoms with Crippen LogP contribution in [0.5, 0.6) is 0 Å². The maximum atomic E-state index is 6.39. The Morgan fingerprint density at radius 2 is 1.59 bits per heavy atom. The average Bonchev–Trinajstić information content (AvgIpc) is 3.51. The van der Waals surface area contributed by atoms with Crippen molar-refractivity contribution in [1.29, 1.82) is 0 Å². The summed E-state index contributed by atoms with van der Waals surface area (Å²) < 4.78 is 6.39. The number of hydrogen-bond acceptors (Lipinski definition) is 3. The third kappa shape index (κ3) is 4.53. The number of nitrogens with one attached hydrogen (secondary N) is 2. The molecule has 0 spiro atoms. The van der Waals surface area contributed by atoms with E-state index in [1.54, 1.807) is 0 Å². The molecule has 5 aromatic rings. The molecule has 4 aromatic carbocycles. The van der Waals surface area contributed by atoms with Crippen LogP contribution in [0.25, 0.3) is 44.9 Å². The summed E-state index contributed by atoms with van der Waals surface area (Å²) in [5, 5.41) is 8.00. The van der Waals surface area contributed by atoms with Crippen LogP contribution in [0.15, 0.2) is 138 Å². The molecule has 0 amide bonds. The molecule has 0 fully saturated rings. The van der Waals surface area contributed by atoms with Gasteiger partial charge >= 0.3 is 0 Å². The molecule has 2 heterocycles. The number of rotatable bonds is 6. The first-order valence-corrected chi connectivity index (χ1v) is 15.2. The summed E-state index contributed by atoms with van der Waals surface area (Å²) in [5.74, 6) is 0.754. The second kappa shape index (κ2) is 10.8. The van der Waals surface area contributed by atoms with Crippen LogP contribution in [0.1, 0.15) is 55.2 Å². The topological polar surface area (TPSA) is 37.2 Å². The van der Waals surface area contributed by atoms with Gasteiger partial charge in [-0.25, -0.2) is 0 Å². The predicted molar refractivity (Wildman–Crippen MR) is 186 cm³/mol. The van der Waals surface area contributed by atoms with Gasteiger partial charge in [-0.2, -0.15) is 0 Å². The predicted octanol–water partition coefficient (Wildman–Crippen LogP) is 10.8. The lowest BCUT2D eigenvalue weighted by molar-refractivity contribution is 0.602. The molecule has 1 aromatic heterocycles. The van der Waals surface area contributed by atoms with E-state index in [0.717, 1.165) is 62.5 Å². The van der Waals surface area contributed by atoms with Crippen LogP contribution < -0.4 is 10.6 Å².